The van der Waals surface area contributed by atoms with E-state index in [0.717, 1.165) is 20.6 Å². The maximum Gasteiger partial charge on any atom is 0.304 e. The Morgan fingerprint density at radius 3 is 2.12 bits per heavy atom. The van der Waals surface area contributed by atoms with Gasteiger partial charge in [0.2, 0.25) is 11.8 Å². The molecule has 0 aliphatic carbocycles. The van der Waals surface area contributed by atoms with E-state index in [1.807, 2.05) is 13.8 Å². The van der Waals surface area contributed by atoms with Gasteiger partial charge in [-0.1, -0.05) is 48.9 Å². The molecule has 2 rings (SSSR count). The molecule has 2 unspecified atom stereocenters. The summed E-state index contributed by atoms with van der Waals surface area (Å²) in [4.78, 5) is 27.9. The van der Waals surface area contributed by atoms with E-state index in [0.29, 0.717) is 10.7 Å². The molecule has 2 atom stereocenters. The van der Waals surface area contributed by atoms with Crippen LogP contribution >= 0.6 is 11.6 Å². The highest BCUT2D eigenvalue weighted by molar-refractivity contribution is 7.90. The molecule has 0 aliphatic heterocycles. The van der Waals surface area contributed by atoms with Crippen molar-refractivity contribution in [3.8, 4) is 0 Å². The summed E-state index contributed by atoms with van der Waals surface area (Å²) in [6.45, 7) is 5.14. The van der Waals surface area contributed by atoms with E-state index in [1.165, 1.54) is 19.0 Å². The van der Waals surface area contributed by atoms with E-state index in [4.69, 9.17) is 11.6 Å². The Morgan fingerprint density at radius 2 is 1.59 bits per heavy atom. The molecule has 0 fully saturated rings. The lowest BCUT2D eigenvalue weighted by Gasteiger charge is -2.33. The second-order valence-electron chi connectivity index (χ2n) is 8.27. The van der Waals surface area contributed by atoms with E-state index in [1.54, 1.807) is 61.5 Å². The number of halogens is 1. The fraction of sp³-hybridized carbons (Fsp3) is 0.417. The van der Waals surface area contributed by atoms with Crippen LogP contribution in [0.15, 0.2) is 54.6 Å². The first-order valence-electron chi connectivity index (χ1n) is 11.1. The van der Waals surface area contributed by atoms with Gasteiger partial charge in [0.25, 0.3) is 0 Å². The van der Waals surface area contributed by atoms with Gasteiger partial charge in [-0.2, -0.15) is 12.7 Å². The third kappa shape index (κ3) is 7.19. The maximum absolute atomic E-state index is 13.6. The highest BCUT2D eigenvalue weighted by Gasteiger charge is 2.32. The number of hydrogen-bond acceptors (Lipinski definition) is 4. The molecule has 2 aromatic rings. The molecular formula is C24H33ClN4O4S. The van der Waals surface area contributed by atoms with Gasteiger partial charge in [-0.25, -0.2) is 4.31 Å². The van der Waals surface area contributed by atoms with Crippen LogP contribution in [-0.2, 0) is 26.3 Å². The zero-order valence-electron chi connectivity index (χ0n) is 20.2. The molecule has 34 heavy (non-hydrogen) atoms. The van der Waals surface area contributed by atoms with Crippen LogP contribution in [0.4, 0.5) is 5.69 Å². The minimum absolute atomic E-state index is 0.0580. The van der Waals surface area contributed by atoms with Crippen LogP contribution in [0.1, 0.15) is 32.8 Å². The van der Waals surface area contributed by atoms with Crippen molar-refractivity contribution in [3.05, 3.63) is 65.2 Å². The first kappa shape index (κ1) is 27.6. The van der Waals surface area contributed by atoms with Crippen molar-refractivity contribution in [2.24, 2.45) is 0 Å². The van der Waals surface area contributed by atoms with Crippen molar-refractivity contribution in [1.29, 1.82) is 0 Å². The van der Waals surface area contributed by atoms with Crippen LogP contribution < -0.4 is 9.62 Å². The molecule has 0 radical (unpaired) electrons. The van der Waals surface area contributed by atoms with Crippen molar-refractivity contribution < 1.29 is 18.0 Å². The molecule has 0 aliphatic rings. The van der Waals surface area contributed by atoms with Crippen LogP contribution in [0.25, 0.3) is 0 Å². The highest BCUT2D eigenvalue weighted by atomic mass is 35.5. The Kier molecular flexibility index (Phi) is 9.90. The quantitative estimate of drug-likeness (QED) is 0.504. The van der Waals surface area contributed by atoms with Gasteiger partial charge in [0.05, 0.1) is 5.69 Å². The van der Waals surface area contributed by atoms with E-state index in [-0.39, 0.29) is 18.5 Å². The fourth-order valence-electron chi connectivity index (χ4n) is 3.15. The van der Waals surface area contributed by atoms with E-state index in [9.17, 15) is 18.0 Å². The topological polar surface area (TPSA) is 90.0 Å². The molecule has 2 aromatic carbocycles. The minimum Gasteiger partial charge on any atom is -0.352 e. The number of benzene rings is 2. The Balaban J connectivity index is 2.41. The van der Waals surface area contributed by atoms with E-state index >= 15 is 0 Å². The van der Waals surface area contributed by atoms with Crippen molar-refractivity contribution in [2.75, 3.05) is 24.9 Å². The third-order valence-electron chi connectivity index (χ3n) is 5.50. The lowest BCUT2D eigenvalue weighted by Crippen LogP contribution is -2.53. The fourth-order valence-corrected chi connectivity index (χ4v) is 4.33. The summed E-state index contributed by atoms with van der Waals surface area (Å²) in [5.74, 6) is -0.811. The summed E-state index contributed by atoms with van der Waals surface area (Å²) in [5, 5.41) is 3.45. The summed E-state index contributed by atoms with van der Waals surface area (Å²) in [7, 11) is -1.15. The highest BCUT2D eigenvalue weighted by Crippen LogP contribution is 2.21. The zero-order valence-corrected chi connectivity index (χ0v) is 21.8. The van der Waals surface area contributed by atoms with Crippen LogP contribution in [0, 0.1) is 0 Å². The molecule has 0 bridgehead atoms. The number of amides is 2. The second-order valence-corrected chi connectivity index (χ2v) is 10.8. The molecule has 0 spiro atoms. The predicted molar refractivity (Wildman–Crippen MR) is 136 cm³/mol. The molecule has 0 saturated carbocycles. The van der Waals surface area contributed by atoms with Crippen LogP contribution in [0.3, 0.4) is 0 Å². The average molecular weight is 509 g/mol. The number of nitrogens with zero attached hydrogens (tertiary/aromatic N) is 3. The number of anilines is 1. The van der Waals surface area contributed by atoms with E-state index < -0.39 is 28.7 Å². The lowest BCUT2D eigenvalue weighted by molar-refractivity contribution is -0.139. The Bertz CT molecular complexity index is 1060. The minimum atomic E-state index is -3.97. The van der Waals surface area contributed by atoms with Crippen molar-refractivity contribution in [3.63, 3.8) is 0 Å². The summed E-state index contributed by atoms with van der Waals surface area (Å²) < 4.78 is 28.2. The zero-order chi connectivity index (χ0) is 25.5. The molecule has 2 amide bonds. The molecule has 0 heterocycles. The standard InChI is InChI=1S/C24H33ClN4O4S/c1-6-18(2)26-24(31)19(3)28(16-20-12-14-21(25)15-13-20)23(30)17-29(34(32,33)27(4)5)22-10-8-7-9-11-22/h7-15,18-19H,6,16-17H2,1-5H3,(H,26,31). The molecule has 186 valence electrons. The van der Waals surface area contributed by atoms with Gasteiger partial charge < -0.3 is 10.2 Å². The van der Waals surface area contributed by atoms with Gasteiger partial charge in [-0.05, 0) is 50.1 Å². The Hall–Kier alpha value is -2.62. The number of para-hydroxylation sites is 1. The number of nitrogens with one attached hydrogen (secondary N) is 1. The number of hydrogen-bond donors (Lipinski definition) is 1. The number of carbonyl (C=O) groups is 2. The lowest BCUT2D eigenvalue weighted by atomic mass is 10.1. The molecule has 0 aromatic heterocycles. The van der Waals surface area contributed by atoms with Crippen LogP contribution in [0.5, 0.6) is 0 Å². The van der Waals surface area contributed by atoms with Gasteiger partial charge >= 0.3 is 10.2 Å². The molecule has 10 heteroatoms. The predicted octanol–water partition coefficient (Wildman–Crippen LogP) is 3.28. The monoisotopic (exact) mass is 508 g/mol. The average Bonchev–Trinajstić information content (AvgIpc) is 2.81. The summed E-state index contributed by atoms with van der Waals surface area (Å²) in [6, 6.07) is 14.5. The van der Waals surface area contributed by atoms with Crippen molar-refractivity contribution in [1.82, 2.24) is 14.5 Å². The molecule has 0 saturated heterocycles. The van der Waals surface area contributed by atoms with Gasteiger partial charge in [0.15, 0.2) is 0 Å². The van der Waals surface area contributed by atoms with E-state index in [2.05, 4.69) is 5.32 Å². The number of rotatable bonds is 11. The van der Waals surface area contributed by atoms with Crippen LogP contribution in [0.2, 0.25) is 5.02 Å². The Labute approximate surface area is 207 Å². The second kappa shape index (κ2) is 12.2. The summed E-state index contributed by atoms with van der Waals surface area (Å²) in [6.07, 6.45) is 0.743. The first-order valence-corrected chi connectivity index (χ1v) is 12.8. The summed E-state index contributed by atoms with van der Waals surface area (Å²) in [5.41, 5.74) is 1.12. The largest absolute Gasteiger partial charge is 0.352 e. The normalized spacial score (nSPS) is 13.3. The third-order valence-corrected chi connectivity index (χ3v) is 7.57. The van der Waals surface area contributed by atoms with Gasteiger partial charge in [-0.3, -0.25) is 9.59 Å². The first-order chi connectivity index (χ1) is 16.0. The van der Waals surface area contributed by atoms with Gasteiger partial charge in [0.1, 0.15) is 12.6 Å². The maximum atomic E-state index is 13.6. The van der Waals surface area contributed by atoms with Gasteiger partial charge in [-0.15, -0.1) is 0 Å². The molecule has 8 nitrogen and oxygen atoms in total. The van der Waals surface area contributed by atoms with Gasteiger partial charge in [0, 0.05) is 31.7 Å². The molecular weight excluding hydrogens is 476 g/mol. The smallest absolute Gasteiger partial charge is 0.304 e. The molecule has 1 N–H and O–H groups in total. The van der Waals surface area contributed by atoms with Crippen molar-refractivity contribution >= 4 is 39.3 Å². The summed E-state index contributed by atoms with van der Waals surface area (Å²) >= 11 is 5.99. The van der Waals surface area contributed by atoms with Crippen molar-refractivity contribution in [2.45, 2.75) is 45.8 Å². The SMILES string of the molecule is CCC(C)NC(=O)C(C)N(Cc1ccc(Cl)cc1)C(=O)CN(c1ccccc1)S(=O)(=O)N(C)C. The Morgan fingerprint density at radius 1 is 1.00 bits per heavy atom. The number of carbonyl (C=O) groups excluding carboxylic acids is 2. The van der Waals surface area contributed by atoms with Crippen LogP contribution in [-0.4, -0.2) is 62.2 Å².